The van der Waals surface area contributed by atoms with Gasteiger partial charge < -0.3 is 10.1 Å². The predicted octanol–water partition coefficient (Wildman–Crippen LogP) is 0.742. The highest BCUT2D eigenvalue weighted by atomic mass is 16.5. The summed E-state index contributed by atoms with van der Waals surface area (Å²) in [6.45, 7) is 2.60. The zero-order valence-electron chi connectivity index (χ0n) is 6.86. The number of pyridine rings is 1. The second-order valence-corrected chi connectivity index (χ2v) is 2.82. The molecule has 3 nitrogen and oxygen atoms in total. The minimum absolute atomic E-state index is 0.139. The summed E-state index contributed by atoms with van der Waals surface area (Å²) >= 11 is 0. The quantitative estimate of drug-likeness (QED) is 0.664. The lowest BCUT2D eigenvalue weighted by Gasteiger charge is -2.22. The maximum absolute atomic E-state index is 5.54. The summed E-state index contributed by atoms with van der Waals surface area (Å²) in [5, 5.41) is 3.27. The van der Waals surface area contributed by atoms with E-state index in [4.69, 9.17) is 4.74 Å². The molecule has 2 heterocycles. The van der Waals surface area contributed by atoms with Crippen molar-refractivity contribution in [1.29, 1.82) is 0 Å². The van der Waals surface area contributed by atoms with E-state index in [0.29, 0.717) is 0 Å². The van der Waals surface area contributed by atoms with E-state index in [0.717, 1.165) is 25.4 Å². The minimum atomic E-state index is 0.139. The Morgan fingerprint density at radius 2 is 2.50 bits per heavy atom. The maximum Gasteiger partial charge on any atom is 0.112 e. The summed E-state index contributed by atoms with van der Waals surface area (Å²) in [4.78, 5) is 4.24. The normalized spacial score (nSPS) is 23.8. The summed E-state index contributed by atoms with van der Waals surface area (Å²) in [5.41, 5.74) is 1.02. The van der Waals surface area contributed by atoms with Gasteiger partial charge in [-0.3, -0.25) is 4.98 Å². The van der Waals surface area contributed by atoms with Crippen molar-refractivity contribution in [2.75, 3.05) is 19.7 Å². The van der Waals surface area contributed by atoms with Crippen molar-refractivity contribution in [3.63, 3.8) is 0 Å². The van der Waals surface area contributed by atoms with Gasteiger partial charge in [0.15, 0.2) is 0 Å². The number of nitrogens with zero attached hydrogens (tertiary/aromatic N) is 1. The van der Waals surface area contributed by atoms with Crippen molar-refractivity contribution in [3.05, 3.63) is 30.1 Å². The molecule has 1 aliphatic heterocycles. The average molecular weight is 164 g/mol. The number of nitrogens with one attached hydrogen (secondary N) is 1. The van der Waals surface area contributed by atoms with Crippen LogP contribution in [-0.2, 0) is 4.74 Å². The molecule has 0 aliphatic carbocycles. The monoisotopic (exact) mass is 164 g/mol. The zero-order chi connectivity index (χ0) is 8.23. The van der Waals surface area contributed by atoms with Crippen LogP contribution in [-0.4, -0.2) is 24.7 Å². The first-order valence-electron chi connectivity index (χ1n) is 4.20. The van der Waals surface area contributed by atoms with Crippen LogP contribution in [0.2, 0.25) is 0 Å². The van der Waals surface area contributed by atoms with Gasteiger partial charge in [-0.1, -0.05) is 6.07 Å². The van der Waals surface area contributed by atoms with Gasteiger partial charge >= 0.3 is 0 Å². The van der Waals surface area contributed by atoms with Crippen molar-refractivity contribution in [1.82, 2.24) is 10.3 Å². The van der Waals surface area contributed by atoms with Crippen molar-refractivity contribution in [2.45, 2.75) is 6.10 Å². The molecule has 1 aliphatic rings. The van der Waals surface area contributed by atoms with Gasteiger partial charge in [-0.15, -0.1) is 0 Å². The van der Waals surface area contributed by atoms with Gasteiger partial charge in [0.05, 0.1) is 12.3 Å². The van der Waals surface area contributed by atoms with Crippen LogP contribution in [0.1, 0.15) is 11.8 Å². The summed E-state index contributed by atoms with van der Waals surface area (Å²) < 4.78 is 5.54. The van der Waals surface area contributed by atoms with Crippen LogP contribution in [0.15, 0.2) is 24.4 Å². The molecular formula is C9H12N2O. The van der Waals surface area contributed by atoms with Crippen molar-refractivity contribution >= 4 is 0 Å². The molecule has 1 aromatic rings. The lowest BCUT2D eigenvalue weighted by atomic mass is 10.2. The van der Waals surface area contributed by atoms with Crippen LogP contribution in [0.3, 0.4) is 0 Å². The van der Waals surface area contributed by atoms with E-state index >= 15 is 0 Å². The minimum Gasteiger partial charge on any atom is -0.369 e. The summed E-state index contributed by atoms with van der Waals surface area (Å²) in [6.07, 6.45) is 1.94. The Bertz CT molecular complexity index is 232. The van der Waals surface area contributed by atoms with Gasteiger partial charge in [-0.2, -0.15) is 0 Å². The number of aromatic nitrogens is 1. The van der Waals surface area contributed by atoms with E-state index < -0.39 is 0 Å². The van der Waals surface area contributed by atoms with Gasteiger partial charge in [-0.05, 0) is 12.1 Å². The van der Waals surface area contributed by atoms with E-state index in [2.05, 4.69) is 10.3 Å². The Balaban J connectivity index is 2.08. The highest BCUT2D eigenvalue weighted by molar-refractivity contribution is 5.07. The first kappa shape index (κ1) is 7.71. The van der Waals surface area contributed by atoms with Crippen LogP contribution in [0.4, 0.5) is 0 Å². The van der Waals surface area contributed by atoms with Crippen LogP contribution in [0.5, 0.6) is 0 Å². The lowest BCUT2D eigenvalue weighted by Crippen LogP contribution is -2.33. The summed E-state index contributed by atoms with van der Waals surface area (Å²) in [6, 6.07) is 5.90. The Hall–Kier alpha value is -0.930. The molecule has 0 bridgehead atoms. The van der Waals surface area contributed by atoms with Gasteiger partial charge in [0.1, 0.15) is 6.10 Å². The number of hydrogen-bond acceptors (Lipinski definition) is 3. The van der Waals surface area contributed by atoms with E-state index in [9.17, 15) is 0 Å². The molecule has 1 atom stereocenters. The molecule has 3 heteroatoms. The molecule has 1 saturated heterocycles. The van der Waals surface area contributed by atoms with Crippen LogP contribution >= 0.6 is 0 Å². The van der Waals surface area contributed by atoms with Crippen molar-refractivity contribution < 1.29 is 4.74 Å². The number of hydrogen-bond donors (Lipinski definition) is 1. The molecule has 12 heavy (non-hydrogen) atoms. The standard InChI is InChI=1S/C9H12N2O/c1-2-4-11-8(3-1)9-7-10-5-6-12-9/h1-4,9-10H,5-7H2. The Morgan fingerprint density at radius 3 is 3.17 bits per heavy atom. The third-order valence-electron chi connectivity index (χ3n) is 1.95. The van der Waals surface area contributed by atoms with E-state index in [1.807, 2.05) is 18.2 Å². The lowest BCUT2D eigenvalue weighted by molar-refractivity contribution is 0.0250. The van der Waals surface area contributed by atoms with E-state index in [1.54, 1.807) is 6.20 Å². The topological polar surface area (TPSA) is 34.1 Å². The van der Waals surface area contributed by atoms with Crippen LogP contribution < -0.4 is 5.32 Å². The summed E-state index contributed by atoms with van der Waals surface area (Å²) in [5.74, 6) is 0. The molecule has 2 rings (SSSR count). The van der Waals surface area contributed by atoms with Crippen molar-refractivity contribution in [3.8, 4) is 0 Å². The number of morpholine rings is 1. The zero-order valence-corrected chi connectivity index (χ0v) is 6.86. The fraction of sp³-hybridized carbons (Fsp3) is 0.444. The second-order valence-electron chi connectivity index (χ2n) is 2.82. The third kappa shape index (κ3) is 1.62. The smallest absolute Gasteiger partial charge is 0.112 e. The number of ether oxygens (including phenoxy) is 1. The molecule has 0 saturated carbocycles. The van der Waals surface area contributed by atoms with E-state index in [-0.39, 0.29) is 6.10 Å². The molecule has 1 aromatic heterocycles. The molecular weight excluding hydrogens is 152 g/mol. The highest BCUT2D eigenvalue weighted by Gasteiger charge is 2.15. The fourth-order valence-electron chi connectivity index (χ4n) is 1.32. The molecule has 64 valence electrons. The van der Waals surface area contributed by atoms with Gasteiger partial charge in [0.2, 0.25) is 0 Å². The SMILES string of the molecule is c1ccc(C2CNCCO2)nc1. The van der Waals surface area contributed by atoms with Gasteiger partial charge in [-0.25, -0.2) is 0 Å². The Morgan fingerprint density at radius 1 is 1.50 bits per heavy atom. The Kier molecular flexibility index (Phi) is 2.34. The van der Waals surface area contributed by atoms with Gasteiger partial charge in [0, 0.05) is 19.3 Å². The second kappa shape index (κ2) is 3.65. The first-order chi connectivity index (χ1) is 5.97. The highest BCUT2D eigenvalue weighted by Crippen LogP contribution is 2.14. The Labute approximate surface area is 71.8 Å². The molecule has 0 radical (unpaired) electrons. The van der Waals surface area contributed by atoms with Crippen LogP contribution in [0, 0.1) is 0 Å². The molecule has 1 fully saturated rings. The molecule has 1 unspecified atom stereocenters. The molecule has 0 spiro atoms. The summed E-state index contributed by atoms with van der Waals surface area (Å²) in [7, 11) is 0. The van der Waals surface area contributed by atoms with Crippen molar-refractivity contribution in [2.24, 2.45) is 0 Å². The third-order valence-corrected chi connectivity index (χ3v) is 1.95. The molecule has 1 N–H and O–H groups in total. The van der Waals surface area contributed by atoms with Crippen LogP contribution in [0.25, 0.3) is 0 Å². The molecule has 0 amide bonds. The molecule has 0 aromatic carbocycles. The maximum atomic E-state index is 5.54. The fourth-order valence-corrected chi connectivity index (χ4v) is 1.32. The predicted molar refractivity (Wildman–Crippen MR) is 45.8 cm³/mol. The van der Waals surface area contributed by atoms with Gasteiger partial charge in [0.25, 0.3) is 0 Å². The largest absolute Gasteiger partial charge is 0.369 e. The first-order valence-corrected chi connectivity index (χ1v) is 4.20. The average Bonchev–Trinajstić information content (AvgIpc) is 2.21. The number of rotatable bonds is 1. The van der Waals surface area contributed by atoms with E-state index in [1.165, 1.54) is 0 Å².